The monoisotopic (exact) mass is 368 g/mol. The second kappa shape index (κ2) is 8.81. The zero-order valence-electron chi connectivity index (χ0n) is 14.0. The highest BCUT2D eigenvalue weighted by molar-refractivity contribution is 6.31. The van der Waals surface area contributed by atoms with E-state index < -0.39 is 12.4 Å². The molecule has 0 saturated carbocycles. The summed E-state index contributed by atoms with van der Waals surface area (Å²) >= 11 is 6.15. The van der Waals surface area contributed by atoms with Crippen LogP contribution in [0.25, 0.3) is 0 Å². The summed E-state index contributed by atoms with van der Waals surface area (Å²) in [7, 11) is 0. The number of halogens is 3. The maximum atomic E-state index is 13.3. The molecule has 6 heteroatoms. The Kier molecular flexibility index (Phi) is 6.76. The predicted molar refractivity (Wildman–Crippen MR) is 92.5 cm³/mol. The minimum absolute atomic E-state index is 0.0832. The number of hydrogen-bond donors (Lipinski definition) is 0. The van der Waals surface area contributed by atoms with Gasteiger partial charge in [-0.1, -0.05) is 37.6 Å². The topological polar surface area (TPSA) is 35.5 Å². The molecule has 0 unspecified atom stereocenters. The first-order valence-corrected chi connectivity index (χ1v) is 8.35. The van der Waals surface area contributed by atoms with Crippen LogP contribution in [0.2, 0.25) is 5.02 Å². The van der Waals surface area contributed by atoms with Gasteiger partial charge in [-0.25, -0.2) is 8.78 Å². The summed E-state index contributed by atoms with van der Waals surface area (Å²) in [4.78, 5) is 11.5. The van der Waals surface area contributed by atoms with Gasteiger partial charge in [-0.05, 0) is 36.2 Å². The van der Waals surface area contributed by atoms with Gasteiger partial charge in [0.1, 0.15) is 18.1 Å². The molecule has 0 aromatic heterocycles. The summed E-state index contributed by atoms with van der Waals surface area (Å²) in [5, 5.41) is 0.338. The molecule has 0 aliphatic carbocycles. The van der Waals surface area contributed by atoms with Crippen molar-refractivity contribution in [3.63, 3.8) is 0 Å². The van der Waals surface area contributed by atoms with Crippen LogP contribution in [0.4, 0.5) is 8.78 Å². The average molecular weight is 369 g/mol. The Labute approximate surface area is 150 Å². The van der Waals surface area contributed by atoms with E-state index in [0.717, 1.165) is 5.56 Å². The van der Waals surface area contributed by atoms with Gasteiger partial charge in [-0.2, -0.15) is 0 Å². The Morgan fingerprint density at radius 2 is 1.92 bits per heavy atom. The molecule has 25 heavy (non-hydrogen) atoms. The molecule has 2 aromatic carbocycles. The maximum absolute atomic E-state index is 13.3. The van der Waals surface area contributed by atoms with Crippen molar-refractivity contribution in [3.8, 4) is 11.5 Å². The lowest BCUT2D eigenvalue weighted by Crippen LogP contribution is -2.09. The van der Waals surface area contributed by atoms with Gasteiger partial charge in [0.2, 0.25) is 0 Å². The van der Waals surface area contributed by atoms with Crippen LogP contribution in [-0.4, -0.2) is 5.97 Å². The second-order valence-electron chi connectivity index (χ2n) is 5.36. The van der Waals surface area contributed by atoms with E-state index in [1.54, 1.807) is 31.2 Å². The quantitative estimate of drug-likeness (QED) is 0.462. The highest BCUT2D eigenvalue weighted by atomic mass is 35.5. The zero-order valence-corrected chi connectivity index (χ0v) is 14.8. The molecule has 0 bridgehead atoms. The molecule has 0 spiro atoms. The highest BCUT2D eigenvalue weighted by Crippen LogP contribution is 2.33. The van der Waals surface area contributed by atoms with Gasteiger partial charge < -0.3 is 9.47 Å². The Morgan fingerprint density at radius 1 is 1.16 bits per heavy atom. The highest BCUT2D eigenvalue weighted by Gasteiger charge is 2.17. The van der Waals surface area contributed by atoms with Crippen molar-refractivity contribution in [1.29, 1.82) is 0 Å². The molecule has 2 aromatic rings. The van der Waals surface area contributed by atoms with Crippen molar-refractivity contribution < 1.29 is 23.0 Å². The molecule has 0 aliphatic heterocycles. The second-order valence-corrected chi connectivity index (χ2v) is 5.77. The fraction of sp³-hybridized carbons (Fsp3) is 0.316. The molecule has 0 amide bonds. The van der Waals surface area contributed by atoms with E-state index in [0.29, 0.717) is 17.0 Å². The molecular formula is C19H19ClF2O3. The number of esters is 1. The van der Waals surface area contributed by atoms with Crippen LogP contribution < -0.4 is 9.47 Å². The normalized spacial score (nSPS) is 10.8. The fourth-order valence-corrected chi connectivity index (χ4v) is 2.46. The van der Waals surface area contributed by atoms with E-state index in [1.165, 1.54) is 12.1 Å². The largest absolute Gasteiger partial charge is 0.488 e. The minimum Gasteiger partial charge on any atom is -0.488 e. The smallest absolute Gasteiger partial charge is 0.310 e. The predicted octanol–water partition coefficient (Wildman–Crippen LogP) is 5.73. The van der Waals surface area contributed by atoms with Gasteiger partial charge in [-0.15, -0.1) is 0 Å². The van der Waals surface area contributed by atoms with E-state index in [2.05, 4.69) is 0 Å². The summed E-state index contributed by atoms with van der Waals surface area (Å²) in [6.07, 6.45) is -1.78. The molecule has 3 nitrogen and oxygen atoms in total. The van der Waals surface area contributed by atoms with Crippen molar-refractivity contribution in [1.82, 2.24) is 0 Å². The first kappa shape index (κ1) is 19.2. The van der Waals surface area contributed by atoms with Crippen LogP contribution in [0, 0.1) is 0 Å². The summed E-state index contributed by atoms with van der Waals surface area (Å²) in [6.45, 7) is 3.48. The molecule has 0 atom stereocenters. The molecular weight excluding hydrogens is 350 g/mol. The first-order chi connectivity index (χ1) is 12.0. The van der Waals surface area contributed by atoms with E-state index in [9.17, 15) is 13.6 Å². The van der Waals surface area contributed by atoms with Crippen molar-refractivity contribution in [2.24, 2.45) is 0 Å². The van der Waals surface area contributed by atoms with E-state index in [4.69, 9.17) is 21.1 Å². The number of hydrogen-bond acceptors (Lipinski definition) is 3. The molecule has 0 aliphatic rings. The van der Waals surface area contributed by atoms with Crippen molar-refractivity contribution >= 4 is 17.6 Å². The molecule has 0 N–H and O–H groups in total. The van der Waals surface area contributed by atoms with Gasteiger partial charge in [0.25, 0.3) is 6.43 Å². The average Bonchev–Trinajstić information content (AvgIpc) is 2.60. The third kappa shape index (κ3) is 4.92. The summed E-state index contributed by atoms with van der Waals surface area (Å²) in [5.41, 5.74) is 1.07. The number of carbonyl (C=O) groups excluding carboxylic acids is 1. The van der Waals surface area contributed by atoms with Crippen LogP contribution in [0.1, 0.15) is 43.4 Å². The number of carbonyl (C=O) groups is 1. The number of aryl methyl sites for hydroxylation is 1. The number of benzene rings is 2. The minimum atomic E-state index is -2.65. The Morgan fingerprint density at radius 3 is 2.56 bits per heavy atom. The van der Waals surface area contributed by atoms with Crippen LogP contribution in [0.3, 0.4) is 0 Å². The van der Waals surface area contributed by atoms with Crippen LogP contribution >= 0.6 is 11.6 Å². The van der Waals surface area contributed by atoms with Gasteiger partial charge in [0.05, 0.1) is 16.1 Å². The van der Waals surface area contributed by atoms with Gasteiger partial charge in [0.15, 0.2) is 0 Å². The van der Waals surface area contributed by atoms with Crippen LogP contribution in [0.15, 0.2) is 36.4 Å². The maximum Gasteiger partial charge on any atom is 0.310 e. The van der Waals surface area contributed by atoms with E-state index >= 15 is 0 Å². The molecule has 134 valence electrons. The lowest BCUT2D eigenvalue weighted by Gasteiger charge is -2.15. The molecule has 0 heterocycles. The fourth-order valence-electron chi connectivity index (χ4n) is 2.24. The van der Waals surface area contributed by atoms with Crippen molar-refractivity contribution in [2.75, 3.05) is 0 Å². The lowest BCUT2D eigenvalue weighted by molar-refractivity contribution is -0.134. The molecule has 0 fully saturated rings. The van der Waals surface area contributed by atoms with E-state index in [-0.39, 0.29) is 30.1 Å². The third-order valence-electron chi connectivity index (χ3n) is 3.68. The Hall–Kier alpha value is -2.14. The van der Waals surface area contributed by atoms with Gasteiger partial charge in [-0.3, -0.25) is 4.79 Å². The van der Waals surface area contributed by atoms with E-state index in [1.807, 2.05) is 6.92 Å². The number of alkyl halides is 2. The summed E-state index contributed by atoms with van der Waals surface area (Å²) < 4.78 is 37.3. The molecule has 2 rings (SSSR count). The summed E-state index contributed by atoms with van der Waals surface area (Å²) in [5.74, 6) is -0.0629. The Balaban J connectivity index is 2.26. The van der Waals surface area contributed by atoms with Crippen molar-refractivity contribution in [2.45, 2.75) is 39.7 Å². The molecule has 0 radical (unpaired) electrons. The van der Waals surface area contributed by atoms with Crippen LogP contribution in [0.5, 0.6) is 11.5 Å². The van der Waals surface area contributed by atoms with Crippen LogP contribution in [-0.2, 0) is 17.8 Å². The zero-order chi connectivity index (χ0) is 18.4. The Bertz CT molecular complexity index is 747. The van der Waals surface area contributed by atoms with Gasteiger partial charge in [0, 0.05) is 6.42 Å². The lowest BCUT2D eigenvalue weighted by atomic mass is 10.1. The number of ether oxygens (including phenoxy) is 2. The summed E-state index contributed by atoms with van der Waals surface area (Å²) in [6, 6.07) is 9.56. The van der Waals surface area contributed by atoms with Crippen molar-refractivity contribution in [3.05, 3.63) is 58.1 Å². The van der Waals surface area contributed by atoms with Gasteiger partial charge >= 0.3 is 5.97 Å². The third-order valence-corrected chi connectivity index (χ3v) is 4.03. The standard InChI is InChI=1S/C19H19ClF2O3/c1-3-12-8-9-16(13(10-12)19(21)22)24-11-14-15(20)6-5-7-17(14)25-18(23)4-2/h5-10,19H,3-4,11H2,1-2H3. The number of rotatable bonds is 7. The SMILES string of the molecule is CCC(=O)Oc1cccc(Cl)c1COc1ccc(CC)cc1C(F)F. The first-order valence-electron chi connectivity index (χ1n) is 7.98. The molecule has 0 saturated heterocycles.